The molecule has 252 valence electrons. The smallest absolute Gasteiger partial charge is 0.303 e. The second-order valence-electron chi connectivity index (χ2n) is 13.1. The molecule has 0 radical (unpaired) electrons. The van der Waals surface area contributed by atoms with Crippen LogP contribution in [0.25, 0.3) is 0 Å². The van der Waals surface area contributed by atoms with Crippen LogP contribution in [-0.2, 0) is 57.2 Å². The van der Waals surface area contributed by atoms with Crippen LogP contribution in [0.3, 0.4) is 0 Å². The normalized spacial score (nSPS) is 35.4. The number of esters is 6. The van der Waals surface area contributed by atoms with Gasteiger partial charge in [0.15, 0.2) is 12.2 Å². The SMILES string of the molecule is CC(=O)OC[C@@H]1C(OC(C)=O)CC(OC(C)=O)[C@@]2(C)C(OC(C)=O)C(OC(C)=O)C3=C(C)C(OC(C)=O)C[C@@H](C(O)[C@H]12)C3(C)C. The van der Waals surface area contributed by atoms with Gasteiger partial charge in [-0.25, -0.2) is 0 Å². The molecule has 3 aliphatic carbocycles. The Morgan fingerprint density at radius 3 is 1.76 bits per heavy atom. The van der Waals surface area contributed by atoms with Gasteiger partial charge in [0.25, 0.3) is 0 Å². The number of carbonyl (C=O) groups is 6. The number of rotatable bonds is 7. The minimum Gasteiger partial charge on any atom is -0.465 e. The largest absolute Gasteiger partial charge is 0.465 e. The van der Waals surface area contributed by atoms with Crippen LogP contribution in [-0.4, -0.2) is 84.2 Å². The predicted octanol–water partition coefficient (Wildman–Crippen LogP) is 2.59. The molecule has 0 aromatic rings. The minimum absolute atomic E-state index is 0.0997. The minimum atomic E-state index is -1.51. The third kappa shape index (κ3) is 7.18. The fraction of sp³-hybridized carbons (Fsp3) is 0.750. The van der Waals surface area contributed by atoms with Crippen molar-refractivity contribution in [2.75, 3.05) is 6.61 Å². The van der Waals surface area contributed by atoms with Crippen LogP contribution in [0.4, 0.5) is 0 Å². The topological polar surface area (TPSA) is 178 Å². The third-order valence-corrected chi connectivity index (χ3v) is 9.75. The van der Waals surface area contributed by atoms with Crippen molar-refractivity contribution in [2.45, 2.75) is 119 Å². The molecule has 10 atom stereocenters. The molecule has 2 fully saturated rings. The number of aliphatic hydroxyl groups excluding tert-OH is 1. The first-order chi connectivity index (χ1) is 20.7. The fourth-order valence-corrected chi connectivity index (χ4v) is 8.16. The summed E-state index contributed by atoms with van der Waals surface area (Å²) in [7, 11) is 0. The van der Waals surface area contributed by atoms with Crippen LogP contribution in [0, 0.1) is 28.6 Å². The molecule has 3 rings (SSSR count). The Bertz CT molecular complexity index is 1250. The van der Waals surface area contributed by atoms with Gasteiger partial charge in [0.2, 0.25) is 0 Å². The van der Waals surface area contributed by atoms with E-state index in [0.717, 1.165) is 0 Å². The van der Waals surface area contributed by atoms with Gasteiger partial charge in [-0.1, -0.05) is 20.8 Å². The molecule has 0 aliphatic heterocycles. The van der Waals surface area contributed by atoms with Gasteiger partial charge in [-0.15, -0.1) is 0 Å². The lowest BCUT2D eigenvalue weighted by molar-refractivity contribution is -0.255. The average Bonchev–Trinajstić information content (AvgIpc) is 2.87. The number of ether oxygens (including phenoxy) is 6. The number of carbonyl (C=O) groups excluding carboxylic acids is 6. The Labute approximate surface area is 263 Å². The van der Waals surface area contributed by atoms with Crippen molar-refractivity contribution in [3.05, 3.63) is 11.1 Å². The zero-order valence-electron chi connectivity index (χ0n) is 27.7. The van der Waals surface area contributed by atoms with Gasteiger partial charge in [0, 0.05) is 59.8 Å². The van der Waals surface area contributed by atoms with Crippen LogP contribution in [0.1, 0.15) is 82.1 Å². The predicted molar refractivity (Wildman–Crippen MR) is 155 cm³/mol. The lowest BCUT2D eigenvalue weighted by Gasteiger charge is -2.62. The maximum absolute atomic E-state index is 12.8. The van der Waals surface area contributed by atoms with E-state index >= 15 is 0 Å². The molecule has 0 spiro atoms. The monoisotopic (exact) mass is 638 g/mol. The van der Waals surface area contributed by atoms with Crippen LogP contribution in [0.5, 0.6) is 0 Å². The maximum atomic E-state index is 12.8. The third-order valence-electron chi connectivity index (χ3n) is 9.75. The van der Waals surface area contributed by atoms with Crippen molar-refractivity contribution in [1.82, 2.24) is 0 Å². The summed E-state index contributed by atoms with van der Waals surface area (Å²) in [5.41, 5.74) is -1.40. The van der Waals surface area contributed by atoms with E-state index in [4.69, 9.17) is 28.4 Å². The molecule has 0 aromatic heterocycles. The molecule has 0 aromatic carbocycles. The first kappa shape index (κ1) is 36.0. The van der Waals surface area contributed by atoms with Crippen molar-refractivity contribution in [3.8, 4) is 0 Å². The summed E-state index contributed by atoms with van der Waals surface area (Å²) in [4.78, 5) is 74.8. The molecule has 13 heteroatoms. The van der Waals surface area contributed by atoms with Crippen molar-refractivity contribution < 1.29 is 62.3 Å². The van der Waals surface area contributed by atoms with Crippen LogP contribution in [0.2, 0.25) is 0 Å². The summed E-state index contributed by atoms with van der Waals surface area (Å²) in [5, 5.41) is 12.6. The summed E-state index contributed by atoms with van der Waals surface area (Å²) in [6.07, 6.45) is -6.87. The van der Waals surface area contributed by atoms with Crippen LogP contribution < -0.4 is 0 Å². The van der Waals surface area contributed by atoms with Crippen molar-refractivity contribution in [1.29, 1.82) is 0 Å². The molecule has 2 bridgehead atoms. The maximum Gasteiger partial charge on any atom is 0.303 e. The van der Waals surface area contributed by atoms with E-state index in [1.165, 1.54) is 41.5 Å². The van der Waals surface area contributed by atoms with Crippen LogP contribution in [0.15, 0.2) is 11.1 Å². The first-order valence-electron chi connectivity index (χ1n) is 15.1. The van der Waals surface area contributed by atoms with Gasteiger partial charge in [-0.05, 0) is 35.8 Å². The highest BCUT2D eigenvalue weighted by Gasteiger charge is 2.68. The highest BCUT2D eigenvalue weighted by molar-refractivity contribution is 5.69. The summed E-state index contributed by atoms with van der Waals surface area (Å²) >= 11 is 0. The van der Waals surface area contributed by atoms with Crippen molar-refractivity contribution in [2.24, 2.45) is 28.6 Å². The van der Waals surface area contributed by atoms with Gasteiger partial charge in [-0.2, -0.15) is 0 Å². The molecule has 6 unspecified atom stereocenters. The van der Waals surface area contributed by atoms with E-state index in [0.29, 0.717) is 11.1 Å². The van der Waals surface area contributed by atoms with Crippen molar-refractivity contribution >= 4 is 35.8 Å². The van der Waals surface area contributed by atoms with E-state index in [1.54, 1.807) is 13.8 Å². The molecule has 45 heavy (non-hydrogen) atoms. The number of hydrogen-bond acceptors (Lipinski definition) is 13. The Morgan fingerprint density at radius 1 is 0.733 bits per heavy atom. The first-order valence-corrected chi connectivity index (χ1v) is 15.1. The molecule has 0 heterocycles. The Kier molecular flexibility index (Phi) is 10.8. The molecule has 2 saturated carbocycles. The zero-order valence-corrected chi connectivity index (χ0v) is 27.7. The molecule has 3 aliphatic rings. The van der Waals surface area contributed by atoms with E-state index in [9.17, 15) is 33.9 Å². The van der Waals surface area contributed by atoms with Gasteiger partial charge >= 0.3 is 35.8 Å². The van der Waals surface area contributed by atoms with E-state index in [2.05, 4.69) is 0 Å². The number of aliphatic hydroxyl groups is 1. The van der Waals surface area contributed by atoms with E-state index in [-0.39, 0.29) is 19.4 Å². The second kappa shape index (κ2) is 13.5. The van der Waals surface area contributed by atoms with Crippen LogP contribution >= 0.6 is 0 Å². The summed E-state index contributed by atoms with van der Waals surface area (Å²) < 4.78 is 34.8. The summed E-state index contributed by atoms with van der Waals surface area (Å²) in [5.74, 6) is -6.60. The highest BCUT2D eigenvalue weighted by Crippen LogP contribution is 2.61. The molecular formula is C32H46O13. The Hall–Kier alpha value is -3.48. The Balaban J connectivity index is 2.49. The Morgan fingerprint density at radius 2 is 1.27 bits per heavy atom. The molecule has 0 amide bonds. The highest BCUT2D eigenvalue weighted by atomic mass is 16.6. The second-order valence-corrected chi connectivity index (χ2v) is 13.1. The van der Waals surface area contributed by atoms with Gasteiger partial charge in [0.1, 0.15) is 18.3 Å². The van der Waals surface area contributed by atoms with Gasteiger partial charge in [-0.3, -0.25) is 28.8 Å². The fourth-order valence-electron chi connectivity index (χ4n) is 8.16. The lowest BCUT2D eigenvalue weighted by atomic mass is 9.47. The van der Waals surface area contributed by atoms with Crippen molar-refractivity contribution in [3.63, 3.8) is 0 Å². The standard InChI is InChI=1S/C32H46O13/c1-14-23(41-16(3)34)11-22-28(39)27-21(13-40-15(2)33)24(42-17(4)35)12-25(43-18(5)36)32(27,10)30(45-20(7)38)29(44-19(6)37)26(14)31(22,8)9/h21-25,27-30,39H,11-13H2,1-10H3/t21-,22+,23?,24?,25?,27+,28?,29?,30?,32-/m1/s1. The van der Waals surface area contributed by atoms with Gasteiger partial charge < -0.3 is 33.5 Å². The molecule has 1 N–H and O–H groups in total. The average molecular weight is 639 g/mol. The van der Waals surface area contributed by atoms with E-state index in [1.807, 2.05) is 13.8 Å². The molecular weight excluding hydrogens is 592 g/mol. The lowest BCUT2D eigenvalue weighted by Crippen LogP contribution is -2.70. The van der Waals surface area contributed by atoms with Gasteiger partial charge in [0.05, 0.1) is 18.1 Å². The number of fused-ring (bicyclic) bond motifs is 3. The quantitative estimate of drug-likeness (QED) is 0.245. The molecule has 13 nitrogen and oxygen atoms in total. The summed E-state index contributed by atoms with van der Waals surface area (Å²) in [6, 6.07) is 0. The number of hydrogen-bond donors (Lipinski definition) is 1. The summed E-state index contributed by atoms with van der Waals surface area (Å²) in [6.45, 7) is 14.1. The molecule has 0 saturated heterocycles. The zero-order chi connectivity index (χ0) is 34.2. The van der Waals surface area contributed by atoms with E-state index < -0.39 is 101 Å².